The van der Waals surface area contributed by atoms with Crippen molar-refractivity contribution in [1.29, 1.82) is 0 Å². The summed E-state index contributed by atoms with van der Waals surface area (Å²) in [6.45, 7) is 4.50. The molecule has 8 nitrogen and oxygen atoms in total. The number of nitrogens with zero attached hydrogens (tertiary/aromatic N) is 6. The first kappa shape index (κ1) is 23.7. The number of alkyl halides is 2. The number of anilines is 1. The molecule has 1 saturated heterocycles. The van der Waals surface area contributed by atoms with E-state index >= 15 is 0 Å². The van der Waals surface area contributed by atoms with Gasteiger partial charge in [-0.15, -0.1) is 10.2 Å². The van der Waals surface area contributed by atoms with Crippen LogP contribution in [0, 0.1) is 0 Å². The second-order valence-corrected chi connectivity index (χ2v) is 9.60. The molecule has 4 rings (SSSR count). The summed E-state index contributed by atoms with van der Waals surface area (Å²) in [5.74, 6) is -0.774. The maximum absolute atomic E-state index is 13.6. The normalized spacial score (nSPS) is 18.5. The molecule has 176 valence electrons. The van der Waals surface area contributed by atoms with Gasteiger partial charge in [0, 0.05) is 36.9 Å². The molecule has 33 heavy (non-hydrogen) atoms. The van der Waals surface area contributed by atoms with Crippen LogP contribution in [0.4, 0.5) is 14.5 Å². The number of rotatable bonds is 7. The van der Waals surface area contributed by atoms with Gasteiger partial charge in [-0.2, -0.15) is 8.78 Å². The van der Waals surface area contributed by atoms with Crippen molar-refractivity contribution in [3.8, 4) is 11.5 Å². The molecule has 0 amide bonds. The minimum atomic E-state index is -2.84. The molecule has 0 saturated carbocycles. The van der Waals surface area contributed by atoms with Crippen LogP contribution in [0.3, 0.4) is 0 Å². The summed E-state index contributed by atoms with van der Waals surface area (Å²) in [6, 6.07) is 10.8. The lowest BCUT2D eigenvalue weighted by Gasteiger charge is -2.39. The standard InChI is InChI=1S/C21H23ClF2N6O2S/c1-14-12-29(9-8-28(14)2)33(31)30(18-5-3-4-16(22)10-18)13-17-7-6-15(11-25-17)20-26-27-21(32-20)19(23)24/h3-7,10-11,14,19H,8-9,12-13H2,1-2H3. The van der Waals surface area contributed by atoms with E-state index in [1.807, 2.05) is 10.4 Å². The number of likely N-dealkylation sites (N-methyl/N-ethyl adjacent to an activating group) is 1. The van der Waals surface area contributed by atoms with Crippen molar-refractivity contribution in [2.75, 3.05) is 31.0 Å². The summed E-state index contributed by atoms with van der Waals surface area (Å²) in [4.78, 5) is 6.63. The van der Waals surface area contributed by atoms with E-state index in [2.05, 4.69) is 34.1 Å². The zero-order valence-corrected chi connectivity index (χ0v) is 19.6. The van der Waals surface area contributed by atoms with E-state index in [0.717, 1.165) is 6.54 Å². The smallest absolute Gasteiger partial charge is 0.314 e. The van der Waals surface area contributed by atoms with Crippen LogP contribution in [0.25, 0.3) is 11.5 Å². The molecule has 2 atom stereocenters. The zero-order valence-electron chi connectivity index (χ0n) is 18.1. The van der Waals surface area contributed by atoms with E-state index < -0.39 is 23.5 Å². The number of hydrogen-bond donors (Lipinski definition) is 0. The Balaban J connectivity index is 1.56. The van der Waals surface area contributed by atoms with Crippen molar-refractivity contribution in [3.63, 3.8) is 0 Å². The molecule has 0 N–H and O–H groups in total. The van der Waals surface area contributed by atoms with Gasteiger partial charge in [0.25, 0.3) is 5.89 Å². The minimum absolute atomic E-state index is 0.0361. The van der Waals surface area contributed by atoms with Crippen LogP contribution in [0.15, 0.2) is 47.0 Å². The molecule has 2 unspecified atom stereocenters. The molecular formula is C21H23ClF2N6O2S. The van der Waals surface area contributed by atoms with Gasteiger partial charge in [-0.25, -0.2) is 8.51 Å². The number of halogens is 3. The average molecular weight is 497 g/mol. The SMILES string of the molecule is CC1CN(S(=O)N(Cc2ccc(-c3nnc(C(F)F)o3)cn2)c2cccc(Cl)c2)CCN1C. The molecule has 2 aromatic heterocycles. The van der Waals surface area contributed by atoms with E-state index in [1.165, 1.54) is 6.20 Å². The van der Waals surface area contributed by atoms with Crippen molar-refractivity contribution < 1.29 is 17.4 Å². The molecule has 12 heteroatoms. The maximum Gasteiger partial charge on any atom is 0.314 e. The quantitative estimate of drug-likeness (QED) is 0.493. The van der Waals surface area contributed by atoms with Gasteiger partial charge in [-0.3, -0.25) is 9.29 Å². The lowest BCUT2D eigenvalue weighted by atomic mass is 10.2. The van der Waals surface area contributed by atoms with Gasteiger partial charge in [-0.1, -0.05) is 17.7 Å². The summed E-state index contributed by atoms with van der Waals surface area (Å²) in [5.41, 5.74) is 1.75. The number of pyridine rings is 1. The predicted octanol–water partition coefficient (Wildman–Crippen LogP) is 3.94. The van der Waals surface area contributed by atoms with Crippen LogP contribution in [0.2, 0.25) is 5.02 Å². The highest BCUT2D eigenvalue weighted by Crippen LogP contribution is 2.26. The third-order valence-electron chi connectivity index (χ3n) is 5.43. The topological polar surface area (TPSA) is 78.6 Å². The summed E-state index contributed by atoms with van der Waals surface area (Å²) in [7, 11) is 2.05. The Morgan fingerprint density at radius 1 is 1.27 bits per heavy atom. The Bertz CT molecular complexity index is 1120. The molecule has 3 heterocycles. The Kier molecular flexibility index (Phi) is 7.32. The molecule has 0 radical (unpaired) electrons. The Morgan fingerprint density at radius 2 is 2.09 bits per heavy atom. The molecule has 0 bridgehead atoms. The molecule has 0 aliphatic carbocycles. The van der Waals surface area contributed by atoms with Crippen LogP contribution in [-0.2, 0) is 17.7 Å². The van der Waals surface area contributed by atoms with Gasteiger partial charge in [0.2, 0.25) is 5.89 Å². The van der Waals surface area contributed by atoms with Crippen molar-refractivity contribution in [1.82, 2.24) is 24.4 Å². The zero-order chi connectivity index (χ0) is 23.5. The maximum atomic E-state index is 13.6. The number of piperazine rings is 1. The van der Waals surface area contributed by atoms with Gasteiger partial charge in [-0.05, 0) is 44.3 Å². The highest BCUT2D eigenvalue weighted by Gasteiger charge is 2.29. The lowest BCUT2D eigenvalue weighted by molar-refractivity contribution is 0.116. The van der Waals surface area contributed by atoms with Crippen molar-refractivity contribution in [2.45, 2.75) is 25.9 Å². The van der Waals surface area contributed by atoms with E-state index in [-0.39, 0.29) is 18.5 Å². The minimum Gasteiger partial charge on any atom is -0.415 e. The first-order chi connectivity index (χ1) is 15.8. The van der Waals surface area contributed by atoms with Crippen LogP contribution >= 0.6 is 11.6 Å². The van der Waals surface area contributed by atoms with Gasteiger partial charge < -0.3 is 9.32 Å². The van der Waals surface area contributed by atoms with E-state index in [0.29, 0.717) is 35.1 Å². The van der Waals surface area contributed by atoms with Crippen LogP contribution in [-0.4, -0.2) is 61.3 Å². The Hall–Kier alpha value is -2.47. The largest absolute Gasteiger partial charge is 0.415 e. The molecule has 1 fully saturated rings. The van der Waals surface area contributed by atoms with Gasteiger partial charge >= 0.3 is 6.43 Å². The first-order valence-electron chi connectivity index (χ1n) is 10.3. The first-order valence-corrected chi connectivity index (χ1v) is 11.7. The van der Waals surface area contributed by atoms with Crippen molar-refractivity contribution in [2.24, 2.45) is 0 Å². The monoisotopic (exact) mass is 496 g/mol. The third kappa shape index (κ3) is 5.55. The third-order valence-corrected chi connectivity index (χ3v) is 7.16. The highest BCUT2D eigenvalue weighted by atomic mass is 35.5. The Labute approximate surface area is 197 Å². The van der Waals surface area contributed by atoms with Gasteiger partial charge in [0.1, 0.15) is 0 Å². The molecule has 1 aromatic carbocycles. The predicted molar refractivity (Wildman–Crippen MR) is 122 cm³/mol. The van der Waals surface area contributed by atoms with Crippen molar-refractivity contribution in [3.05, 3.63) is 59.2 Å². The summed E-state index contributed by atoms with van der Waals surface area (Å²) in [5, 5.41) is 7.51. The summed E-state index contributed by atoms with van der Waals surface area (Å²) < 4.78 is 47.7. The molecular weight excluding hydrogens is 474 g/mol. The second kappa shape index (κ2) is 10.2. The van der Waals surface area contributed by atoms with Crippen molar-refractivity contribution >= 4 is 28.5 Å². The highest BCUT2D eigenvalue weighted by molar-refractivity contribution is 7.84. The Morgan fingerprint density at radius 3 is 2.73 bits per heavy atom. The average Bonchev–Trinajstić information content (AvgIpc) is 3.30. The van der Waals surface area contributed by atoms with Gasteiger partial charge in [0.05, 0.1) is 23.5 Å². The molecule has 3 aromatic rings. The fraction of sp³-hybridized carbons (Fsp3) is 0.381. The number of aromatic nitrogens is 3. The van der Waals surface area contributed by atoms with Crippen LogP contribution < -0.4 is 4.31 Å². The van der Waals surface area contributed by atoms with E-state index in [9.17, 15) is 13.0 Å². The lowest BCUT2D eigenvalue weighted by Crippen LogP contribution is -2.53. The van der Waals surface area contributed by atoms with E-state index in [4.69, 9.17) is 16.0 Å². The van der Waals surface area contributed by atoms with Crippen LogP contribution in [0.5, 0.6) is 0 Å². The molecule has 1 aliphatic rings. The van der Waals surface area contributed by atoms with Crippen LogP contribution in [0.1, 0.15) is 24.9 Å². The summed E-state index contributed by atoms with van der Waals surface area (Å²) in [6.07, 6.45) is -1.37. The number of hydrogen-bond acceptors (Lipinski definition) is 6. The number of benzene rings is 1. The second-order valence-electron chi connectivity index (χ2n) is 7.75. The fourth-order valence-electron chi connectivity index (χ4n) is 3.40. The van der Waals surface area contributed by atoms with Gasteiger partial charge in [0.15, 0.2) is 11.2 Å². The molecule has 1 aliphatic heterocycles. The summed E-state index contributed by atoms with van der Waals surface area (Å²) >= 11 is 4.73. The fourth-order valence-corrected chi connectivity index (χ4v) is 4.98. The van der Waals surface area contributed by atoms with E-state index in [1.54, 1.807) is 34.6 Å². The molecule has 0 spiro atoms.